The lowest BCUT2D eigenvalue weighted by atomic mass is 9.78. The van der Waals surface area contributed by atoms with Crippen molar-refractivity contribution in [3.8, 4) is 17.2 Å². The molecule has 4 nitrogen and oxygen atoms in total. The average molecular weight is 279 g/mol. The molecule has 0 amide bonds. The van der Waals surface area contributed by atoms with E-state index >= 15 is 0 Å². The summed E-state index contributed by atoms with van der Waals surface area (Å²) in [5.41, 5.74) is 3.03. The van der Waals surface area contributed by atoms with Crippen LogP contribution in [0.15, 0.2) is 41.4 Å². The van der Waals surface area contributed by atoms with Crippen LogP contribution in [0.25, 0.3) is 0 Å². The van der Waals surface area contributed by atoms with Crippen molar-refractivity contribution in [3.05, 3.63) is 47.5 Å². The Morgan fingerprint density at radius 2 is 1.76 bits per heavy atom. The van der Waals surface area contributed by atoms with Crippen molar-refractivity contribution < 1.29 is 14.2 Å². The number of benzene rings is 2. The lowest BCUT2D eigenvalue weighted by molar-refractivity contribution is 0.164. The van der Waals surface area contributed by atoms with Gasteiger partial charge < -0.3 is 14.2 Å². The van der Waals surface area contributed by atoms with E-state index in [1.165, 1.54) is 5.56 Å². The summed E-state index contributed by atoms with van der Waals surface area (Å²) >= 11 is 0. The second-order valence-corrected chi connectivity index (χ2v) is 5.50. The van der Waals surface area contributed by atoms with Gasteiger partial charge in [0.15, 0.2) is 11.5 Å². The number of hydrogen-bond acceptors (Lipinski definition) is 4. The third-order valence-corrected chi connectivity index (χ3v) is 4.40. The maximum absolute atomic E-state index is 6.00. The number of rotatable bonds is 0. The minimum absolute atomic E-state index is 0.290. The molecule has 3 aliphatic heterocycles. The molecule has 1 atom stereocenters. The van der Waals surface area contributed by atoms with E-state index < -0.39 is 0 Å². The topological polar surface area (TPSA) is 40.0 Å². The Morgan fingerprint density at radius 1 is 0.857 bits per heavy atom. The largest absolute Gasteiger partial charge is 0.488 e. The Kier molecular flexibility index (Phi) is 2.02. The highest BCUT2D eigenvalue weighted by atomic mass is 16.6. The molecule has 2 aromatic rings. The molecule has 0 saturated carbocycles. The van der Waals surface area contributed by atoms with E-state index in [1.54, 1.807) is 0 Å². The quantitative estimate of drug-likeness (QED) is 0.744. The van der Waals surface area contributed by atoms with Crippen molar-refractivity contribution in [2.75, 3.05) is 19.8 Å². The molecule has 1 unspecified atom stereocenters. The van der Waals surface area contributed by atoms with Crippen LogP contribution in [0.1, 0.15) is 11.1 Å². The molecular formula is C17H13NO3. The molecule has 104 valence electrons. The molecule has 3 aliphatic rings. The standard InChI is InChI=1S/C17H13NO3/c1-2-4-13-11(3-1)17(9-18-13)10-21-15-12(17)5-6-14-16(15)20-8-7-19-14/h1-6,9H,7-8,10H2. The van der Waals surface area contributed by atoms with Gasteiger partial charge >= 0.3 is 0 Å². The van der Waals surface area contributed by atoms with Gasteiger partial charge in [0.1, 0.15) is 19.8 Å². The molecule has 0 bridgehead atoms. The maximum Gasteiger partial charge on any atom is 0.204 e. The van der Waals surface area contributed by atoms with Gasteiger partial charge in [0, 0.05) is 11.8 Å². The fraction of sp³-hybridized carbons (Fsp3) is 0.235. The lowest BCUT2D eigenvalue weighted by Crippen LogP contribution is -2.28. The Labute approximate surface area is 122 Å². The fourth-order valence-electron chi connectivity index (χ4n) is 3.39. The summed E-state index contributed by atoms with van der Waals surface area (Å²) < 4.78 is 17.4. The Morgan fingerprint density at radius 3 is 2.76 bits per heavy atom. The second kappa shape index (κ2) is 3.79. The van der Waals surface area contributed by atoms with Gasteiger partial charge in [0.05, 0.1) is 11.1 Å². The molecule has 0 aromatic heterocycles. The minimum Gasteiger partial charge on any atom is -0.488 e. The van der Waals surface area contributed by atoms with E-state index in [1.807, 2.05) is 30.5 Å². The molecule has 0 saturated heterocycles. The van der Waals surface area contributed by atoms with Gasteiger partial charge in [-0.2, -0.15) is 0 Å². The van der Waals surface area contributed by atoms with Crippen molar-refractivity contribution in [1.82, 2.24) is 0 Å². The minimum atomic E-state index is -0.290. The Hall–Kier alpha value is -2.49. The number of nitrogens with zero attached hydrogens (tertiary/aromatic N) is 1. The molecular weight excluding hydrogens is 266 g/mol. The van der Waals surface area contributed by atoms with E-state index in [9.17, 15) is 0 Å². The van der Waals surface area contributed by atoms with Crippen LogP contribution in [0.5, 0.6) is 17.2 Å². The average Bonchev–Trinajstić information content (AvgIpc) is 3.11. The highest BCUT2D eigenvalue weighted by Gasteiger charge is 2.47. The summed E-state index contributed by atoms with van der Waals surface area (Å²) in [6.45, 7) is 1.70. The van der Waals surface area contributed by atoms with Gasteiger partial charge in [-0.05, 0) is 23.8 Å². The summed E-state index contributed by atoms with van der Waals surface area (Å²) in [5, 5.41) is 0. The molecule has 0 aliphatic carbocycles. The first-order chi connectivity index (χ1) is 10.4. The molecule has 1 spiro atoms. The van der Waals surface area contributed by atoms with Gasteiger partial charge in [-0.25, -0.2) is 0 Å². The number of hydrogen-bond donors (Lipinski definition) is 0. The van der Waals surface area contributed by atoms with Crippen LogP contribution in [0.3, 0.4) is 0 Å². The Balaban J connectivity index is 1.75. The molecule has 5 rings (SSSR count). The van der Waals surface area contributed by atoms with E-state index in [4.69, 9.17) is 14.2 Å². The van der Waals surface area contributed by atoms with E-state index in [0.29, 0.717) is 19.8 Å². The molecule has 21 heavy (non-hydrogen) atoms. The highest BCUT2D eigenvalue weighted by Crippen LogP contribution is 2.54. The van der Waals surface area contributed by atoms with Crippen LogP contribution in [-0.2, 0) is 5.41 Å². The lowest BCUT2D eigenvalue weighted by Gasteiger charge is -2.22. The predicted molar refractivity (Wildman–Crippen MR) is 78.3 cm³/mol. The predicted octanol–water partition coefficient (Wildman–Crippen LogP) is 2.85. The first kappa shape index (κ1) is 11.2. The van der Waals surface area contributed by atoms with E-state index in [-0.39, 0.29) is 5.41 Å². The van der Waals surface area contributed by atoms with Crippen molar-refractivity contribution in [3.63, 3.8) is 0 Å². The van der Waals surface area contributed by atoms with Gasteiger partial charge in [0.2, 0.25) is 5.75 Å². The molecule has 3 heterocycles. The van der Waals surface area contributed by atoms with Crippen molar-refractivity contribution in [2.24, 2.45) is 4.99 Å². The van der Waals surface area contributed by atoms with Crippen molar-refractivity contribution >= 4 is 11.9 Å². The zero-order valence-electron chi connectivity index (χ0n) is 11.3. The van der Waals surface area contributed by atoms with E-state index in [0.717, 1.165) is 28.5 Å². The monoisotopic (exact) mass is 279 g/mol. The van der Waals surface area contributed by atoms with Crippen LogP contribution < -0.4 is 14.2 Å². The van der Waals surface area contributed by atoms with Gasteiger partial charge in [-0.15, -0.1) is 0 Å². The summed E-state index contributed by atoms with van der Waals surface area (Å²) in [6.07, 6.45) is 2.00. The number of para-hydroxylation sites is 1. The molecule has 4 heteroatoms. The number of ether oxygens (including phenoxy) is 3. The normalized spacial score (nSPS) is 23.8. The third-order valence-electron chi connectivity index (χ3n) is 4.40. The molecule has 2 aromatic carbocycles. The summed E-state index contributed by atoms with van der Waals surface area (Å²) in [5.74, 6) is 2.30. The van der Waals surface area contributed by atoms with Crippen molar-refractivity contribution in [2.45, 2.75) is 5.41 Å². The maximum atomic E-state index is 6.00. The second-order valence-electron chi connectivity index (χ2n) is 5.50. The molecule has 0 radical (unpaired) electrons. The third kappa shape index (κ3) is 1.32. The molecule has 0 N–H and O–H groups in total. The van der Waals surface area contributed by atoms with Crippen LogP contribution in [0.2, 0.25) is 0 Å². The number of fused-ring (bicyclic) bond motifs is 6. The van der Waals surface area contributed by atoms with Crippen LogP contribution in [0, 0.1) is 0 Å². The zero-order valence-corrected chi connectivity index (χ0v) is 11.3. The van der Waals surface area contributed by atoms with Crippen LogP contribution in [0.4, 0.5) is 5.69 Å². The Bertz CT molecular complexity index is 784. The fourth-order valence-corrected chi connectivity index (χ4v) is 3.39. The molecule has 0 fully saturated rings. The van der Waals surface area contributed by atoms with E-state index in [2.05, 4.69) is 17.1 Å². The summed E-state index contributed by atoms with van der Waals surface area (Å²) in [7, 11) is 0. The first-order valence-electron chi connectivity index (χ1n) is 7.09. The van der Waals surface area contributed by atoms with Gasteiger partial charge in [0.25, 0.3) is 0 Å². The number of aliphatic imine (C=N–C) groups is 1. The van der Waals surface area contributed by atoms with Crippen LogP contribution >= 0.6 is 0 Å². The SMILES string of the molecule is C1=Nc2ccccc2C12COc1c2ccc2c1OCCO2. The zero-order chi connectivity index (χ0) is 13.9. The van der Waals surface area contributed by atoms with Gasteiger partial charge in [-0.3, -0.25) is 4.99 Å². The highest BCUT2D eigenvalue weighted by molar-refractivity contribution is 5.92. The van der Waals surface area contributed by atoms with Gasteiger partial charge in [-0.1, -0.05) is 18.2 Å². The van der Waals surface area contributed by atoms with Crippen LogP contribution in [-0.4, -0.2) is 26.0 Å². The van der Waals surface area contributed by atoms with Crippen molar-refractivity contribution in [1.29, 1.82) is 0 Å². The first-order valence-corrected chi connectivity index (χ1v) is 7.09. The smallest absolute Gasteiger partial charge is 0.204 e. The summed E-state index contributed by atoms with van der Waals surface area (Å²) in [6, 6.07) is 12.3. The summed E-state index contributed by atoms with van der Waals surface area (Å²) in [4.78, 5) is 4.57.